The second kappa shape index (κ2) is 9.54. The molecule has 3 heteroatoms. The lowest BCUT2D eigenvalue weighted by Gasteiger charge is -2.17. The fourth-order valence-electron chi connectivity index (χ4n) is 2.15. The maximum absolute atomic E-state index is 12.1. The zero-order valence-corrected chi connectivity index (χ0v) is 12.9. The van der Waals surface area contributed by atoms with Crippen LogP contribution in [0.5, 0.6) is 0 Å². The van der Waals surface area contributed by atoms with Gasteiger partial charge in [-0.2, -0.15) is 0 Å². The van der Waals surface area contributed by atoms with E-state index in [1.54, 1.807) is 13.2 Å². The van der Waals surface area contributed by atoms with E-state index in [1.807, 2.05) is 25.1 Å². The van der Waals surface area contributed by atoms with Gasteiger partial charge in [0.1, 0.15) is 6.10 Å². The molecular formula is C17H26O3. The van der Waals surface area contributed by atoms with Crippen molar-refractivity contribution in [3.8, 4) is 0 Å². The molecule has 0 saturated heterocycles. The van der Waals surface area contributed by atoms with Crippen LogP contribution in [0, 0.1) is 6.92 Å². The van der Waals surface area contributed by atoms with Crippen molar-refractivity contribution in [3.63, 3.8) is 0 Å². The predicted molar refractivity (Wildman–Crippen MR) is 81.0 cm³/mol. The molecule has 0 radical (unpaired) electrons. The summed E-state index contributed by atoms with van der Waals surface area (Å²) in [4.78, 5) is 12.1. The van der Waals surface area contributed by atoms with Crippen LogP contribution in [0.15, 0.2) is 24.3 Å². The Morgan fingerprint density at radius 3 is 2.70 bits per heavy atom. The fourth-order valence-corrected chi connectivity index (χ4v) is 2.15. The highest BCUT2D eigenvalue weighted by Gasteiger charge is 2.15. The summed E-state index contributed by atoms with van der Waals surface area (Å²) in [6, 6.07) is 7.48. The molecule has 1 atom stereocenters. The van der Waals surface area contributed by atoms with Crippen molar-refractivity contribution in [1.82, 2.24) is 0 Å². The summed E-state index contributed by atoms with van der Waals surface area (Å²) >= 11 is 0. The van der Waals surface area contributed by atoms with Gasteiger partial charge in [-0.05, 0) is 31.9 Å². The maximum atomic E-state index is 12.1. The van der Waals surface area contributed by atoms with Crippen molar-refractivity contribution < 1.29 is 14.3 Å². The molecule has 20 heavy (non-hydrogen) atoms. The topological polar surface area (TPSA) is 35.5 Å². The van der Waals surface area contributed by atoms with Crippen molar-refractivity contribution >= 4 is 5.97 Å². The summed E-state index contributed by atoms with van der Waals surface area (Å²) in [5.74, 6) is -0.258. The van der Waals surface area contributed by atoms with E-state index in [9.17, 15) is 4.79 Å². The normalized spacial score (nSPS) is 12.2. The number of hydrogen-bond acceptors (Lipinski definition) is 3. The standard InChI is InChI=1S/C17H26O3/c1-4-5-6-7-11-16(13-19-3)20-17(18)15-10-8-9-14(2)12-15/h8-10,12,16H,4-7,11,13H2,1-3H3. The largest absolute Gasteiger partial charge is 0.456 e. The van der Waals surface area contributed by atoms with E-state index in [0.717, 1.165) is 18.4 Å². The zero-order valence-electron chi connectivity index (χ0n) is 12.9. The van der Waals surface area contributed by atoms with Crippen LogP contribution < -0.4 is 0 Å². The molecule has 0 fully saturated rings. The highest BCUT2D eigenvalue weighted by molar-refractivity contribution is 5.89. The number of hydrogen-bond donors (Lipinski definition) is 0. The first-order valence-corrected chi connectivity index (χ1v) is 7.44. The lowest BCUT2D eigenvalue weighted by molar-refractivity contribution is 0.00237. The van der Waals surface area contributed by atoms with Crippen LogP contribution in [0.2, 0.25) is 0 Å². The van der Waals surface area contributed by atoms with E-state index in [2.05, 4.69) is 6.92 Å². The molecule has 1 unspecified atom stereocenters. The van der Waals surface area contributed by atoms with Crippen LogP contribution in [0.25, 0.3) is 0 Å². The quantitative estimate of drug-likeness (QED) is 0.503. The summed E-state index contributed by atoms with van der Waals surface area (Å²) in [5.41, 5.74) is 1.67. The van der Waals surface area contributed by atoms with Crippen molar-refractivity contribution in [1.29, 1.82) is 0 Å². The first-order chi connectivity index (χ1) is 9.67. The molecule has 0 aromatic heterocycles. The Labute approximate surface area is 122 Å². The molecule has 112 valence electrons. The van der Waals surface area contributed by atoms with Gasteiger partial charge in [0, 0.05) is 7.11 Å². The van der Waals surface area contributed by atoms with Crippen molar-refractivity contribution in [2.24, 2.45) is 0 Å². The molecule has 1 aromatic rings. The fraction of sp³-hybridized carbons (Fsp3) is 0.588. The monoisotopic (exact) mass is 278 g/mol. The van der Waals surface area contributed by atoms with Crippen molar-refractivity contribution in [2.75, 3.05) is 13.7 Å². The third-order valence-electron chi connectivity index (χ3n) is 3.26. The minimum atomic E-state index is -0.258. The minimum Gasteiger partial charge on any atom is -0.456 e. The number of benzene rings is 1. The highest BCUT2D eigenvalue weighted by atomic mass is 16.6. The van der Waals surface area contributed by atoms with E-state index in [1.165, 1.54) is 19.3 Å². The number of esters is 1. The zero-order chi connectivity index (χ0) is 14.8. The molecule has 3 nitrogen and oxygen atoms in total. The van der Waals surface area contributed by atoms with Crippen LogP contribution in [-0.2, 0) is 9.47 Å². The molecule has 0 N–H and O–H groups in total. The summed E-state index contributed by atoms with van der Waals surface area (Å²) < 4.78 is 10.7. The number of rotatable bonds is 9. The molecule has 1 aromatic carbocycles. The Hall–Kier alpha value is -1.35. The number of aryl methyl sites for hydroxylation is 1. The lowest BCUT2D eigenvalue weighted by atomic mass is 10.1. The molecular weight excluding hydrogens is 252 g/mol. The maximum Gasteiger partial charge on any atom is 0.338 e. The lowest BCUT2D eigenvalue weighted by Crippen LogP contribution is -2.23. The summed E-state index contributed by atoms with van der Waals surface area (Å²) in [6.07, 6.45) is 5.40. The van der Waals surface area contributed by atoms with Crippen molar-refractivity contribution in [3.05, 3.63) is 35.4 Å². The Bertz CT molecular complexity index is 401. The minimum absolute atomic E-state index is 0.148. The van der Waals surface area contributed by atoms with Gasteiger partial charge in [0.25, 0.3) is 0 Å². The highest BCUT2D eigenvalue weighted by Crippen LogP contribution is 2.12. The van der Waals surface area contributed by atoms with Crippen LogP contribution >= 0.6 is 0 Å². The van der Waals surface area contributed by atoms with Gasteiger partial charge >= 0.3 is 5.97 Å². The van der Waals surface area contributed by atoms with Gasteiger partial charge in [-0.3, -0.25) is 0 Å². The van der Waals surface area contributed by atoms with Crippen molar-refractivity contribution in [2.45, 2.75) is 52.1 Å². The molecule has 0 bridgehead atoms. The van der Waals surface area contributed by atoms with E-state index >= 15 is 0 Å². The van der Waals surface area contributed by atoms with Gasteiger partial charge in [-0.25, -0.2) is 4.79 Å². The first-order valence-electron chi connectivity index (χ1n) is 7.44. The molecule has 1 rings (SSSR count). The first kappa shape index (κ1) is 16.7. The van der Waals surface area contributed by atoms with Crippen LogP contribution in [0.1, 0.15) is 54.9 Å². The van der Waals surface area contributed by atoms with E-state index in [4.69, 9.17) is 9.47 Å². The predicted octanol–water partition coefficient (Wildman–Crippen LogP) is 4.14. The van der Waals surface area contributed by atoms with Gasteiger partial charge in [0.05, 0.1) is 12.2 Å². The molecule has 0 aliphatic rings. The Morgan fingerprint density at radius 1 is 1.25 bits per heavy atom. The summed E-state index contributed by atoms with van der Waals surface area (Å²) in [6.45, 7) is 4.61. The molecule has 0 amide bonds. The smallest absolute Gasteiger partial charge is 0.338 e. The third-order valence-corrected chi connectivity index (χ3v) is 3.26. The summed E-state index contributed by atoms with van der Waals surface area (Å²) in [7, 11) is 1.64. The van der Waals surface area contributed by atoms with Gasteiger partial charge in [0.15, 0.2) is 0 Å². The Morgan fingerprint density at radius 2 is 2.05 bits per heavy atom. The summed E-state index contributed by atoms with van der Waals surface area (Å²) in [5, 5.41) is 0. The molecule has 0 saturated carbocycles. The van der Waals surface area contributed by atoms with E-state index in [-0.39, 0.29) is 12.1 Å². The molecule has 0 aliphatic carbocycles. The van der Waals surface area contributed by atoms with Gasteiger partial charge in [0.2, 0.25) is 0 Å². The number of carbonyl (C=O) groups is 1. The second-order valence-corrected chi connectivity index (χ2v) is 5.20. The average Bonchev–Trinajstić information content (AvgIpc) is 2.43. The SMILES string of the molecule is CCCCCCC(COC)OC(=O)c1cccc(C)c1. The third kappa shape index (κ3) is 6.20. The van der Waals surface area contributed by atoms with Crippen LogP contribution in [-0.4, -0.2) is 25.8 Å². The Kier molecular flexibility index (Phi) is 7.97. The van der Waals surface area contributed by atoms with Crippen LogP contribution in [0.3, 0.4) is 0 Å². The molecule has 0 spiro atoms. The number of ether oxygens (including phenoxy) is 2. The van der Waals surface area contributed by atoms with E-state index in [0.29, 0.717) is 12.2 Å². The van der Waals surface area contributed by atoms with Crippen LogP contribution in [0.4, 0.5) is 0 Å². The number of carbonyl (C=O) groups excluding carboxylic acids is 1. The molecule has 0 aliphatic heterocycles. The molecule has 0 heterocycles. The van der Waals surface area contributed by atoms with E-state index < -0.39 is 0 Å². The second-order valence-electron chi connectivity index (χ2n) is 5.20. The Balaban J connectivity index is 2.49. The number of methoxy groups -OCH3 is 1. The number of unbranched alkanes of at least 4 members (excludes halogenated alkanes) is 3. The average molecular weight is 278 g/mol. The van der Waals surface area contributed by atoms with Gasteiger partial charge < -0.3 is 9.47 Å². The van der Waals surface area contributed by atoms with Gasteiger partial charge in [-0.15, -0.1) is 0 Å². The van der Waals surface area contributed by atoms with Gasteiger partial charge in [-0.1, -0.05) is 43.9 Å².